The number of nitrogens with zero attached hydrogens (tertiary/aromatic N) is 2. The first-order valence-electron chi connectivity index (χ1n) is 7.59. The zero-order valence-electron chi connectivity index (χ0n) is 12.6. The summed E-state index contributed by atoms with van der Waals surface area (Å²) in [7, 11) is 0. The Morgan fingerprint density at radius 2 is 2.24 bits per heavy atom. The van der Waals surface area contributed by atoms with Gasteiger partial charge in [0.2, 0.25) is 0 Å². The summed E-state index contributed by atoms with van der Waals surface area (Å²) in [5.41, 5.74) is 3.44. The minimum Gasteiger partial charge on any atom is -0.493 e. The van der Waals surface area contributed by atoms with Gasteiger partial charge in [-0.05, 0) is 43.9 Å². The molecule has 0 radical (unpaired) electrons. The van der Waals surface area contributed by atoms with Crippen LogP contribution in [0.4, 0.5) is 0 Å². The minimum absolute atomic E-state index is 0.314. The fourth-order valence-electron chi connectivity index (χ4n) is 2.85. The van der Waals surface area contributed by atoms with Gasteiger partial charge in [-0.2, -0.15) is 0 Å². The van der Waals surface area contributed by atoms with Crippen LogP contribution in [0.1, 0.15) is 49.2 Å². The number of aliphatic hydroxyl groups excluding tert-OH is 1. The molecule has 4 heteroatoms. The zero-order chi connectivity index (χ0) is 14.8. The first kappa shape index (κ1) is 14.1. The van der Waals surface area contributed by atoms with Crippen molar-refractivity contribution < 1.29 is 9.84 Å². The van der Waals surface area contributed by atoms with E-state index >= 15 is 0 Å². The van der Waals surface area contributed by atoms with Crippen molar-refractivity contribution in [2.45, 2.75) is 45.3 Å². The van der Waals surface area contributed by atoms with Crippen molar-refractivity contribution in [2.75, 3.05) is 6.61 Å². The number of aryl methyl sites for hydroxylation is 1. The van der Waals surface area contributed by atoms with Gasteiger partial charge in [0.25, 0.3) is 0 Å². The number of aliphatic hydroxyl groups is 1. The molecule has 1 atom stereocenters. The fraction of sp³-hybridized carbons (Fsp3) is 0.471. The van der Waals surface area contributed by atoms with Gasteiger partial charge >= 0.3 is 0 Å². The highest BCUT2D eigenvalue weighted by atomic mass is 16.5. The third-order valence-electron chi connectivity index (χ3n) is 4.05. The van der Waals surface area contributed by atoms with Crippen molar-refractivity contribution in [3.63, 3.8) is 0 Å². The smallest absolute Gasteiger partial charge is 0.122 e. The number of benzene rings is 1. The van der Waals surface area contributed by atoms with Crippen molar-refractivity contribution in [1.82, 2.24) is 9.55 Å². The number of fused-ring (bicyclic) bond motifs is 1. The summed E-state index contributed by atoms with van der Waals surface area (Å²) in [6.07, 6.45) is 5.64. The van der Waals surface area contributed by atoms with Crippen LogP contribution in [0.2, 0.25) is 0 Å². The van der Waals surface area contributed by atoms with E-state index in [0.717, 1.165) is 30.9 Å². The summed E-state index contributed by atoms with van der Waals surface area (Å²) in [6.45, 7) is 4.98. The normalized spacial score (nSPS) is 15.0. The Balaban J connectivity index is 1.65. The lowest BCUT2D eigenvalue weighted by Crippen LogP contribution is -2.09. The average Bonchev–Trinajstić information content (AvgIpc) is 3.12. The Morgan fingerprint density at radius 3 is 3.05 bits per heavy atom. The van der Waals surface area contributed by atoms with Crippen molar-refractivity contribution in [3.8, 4) is 5.75 Å². The van der Waals surface area contributed by atoms with E-state index in [2.05, 4.69) is 31.0 Å². The van der Waals surface area contributed by atoms with Gasteiger partial charge in [0.15, 0.2) is 0 Å². The highest BCUT2D eigenvalue weighted by molar-refractivity contribution is 5.39. The third-order valence-corrected chi connectivity index (χ3v) is 4.05. The highest BCUT2D eigenvalue weighted by Gasteiger charge is 2.16. The van der Waals surface area contributed by atoms with Gasteiger partial charge in [-0.15, -0.1) is 0 Å². The number of imidazole rings is 1. The first-order valence-corrected chi connectivity index (χ1v) is 7.59. The lowest BCUT2D eigenvalue weighted by atomic mass is 10.0. The maximum atomic E-state index is 10.4. The second-order valence-electron chi connectivity index (χ2n) is 5.91. The molecular weight excluding hydrogens is 264 g/mol. The van der Waals surface area contributed by atoms with Crippen molar-refractivity contribution in [1.29, 1.82) is 0 Å². The van der Waals surface area contributed by atoms with E-state index in [0.29, 0.717) is 12.5 Å². The molecule has 3 rings (SSSR count). The number of hydrogen-bond acceptors (Lipinski definition) is 3. The Kier molecular flexibility index (Phi) is 3.97. The molecule has 2 heterocycles. The Morgan fingerprint density at radius 1 is 1.38 bits per heavy atom. The molecule has 0 amide bonds. The van der Waals surface area contributed by atoms with Crippen molar-refractivity contribution in [3.05, 3.63) is 47.5 Å². The molecule has 1 aliphatic rings. The molecule has 0 saturated carbocycles. The molecule has 1 aliphatic heterocycles. The molecule has 21 heavy (non-hydrogen) atoms. The van der Waals surface area contributed by atoms with Gasteiger partial charge in [0.1, 0.15) is 5.75 Å². The monoisotopic (exact) mass is 286 g/mol. The van der Waals surface area contributed by atoms with Crippen molar-refractivity contribution in [2.24, 2.45) is 0 Å². The molecule has 1 unspecified atom stereocenters. The molecule has 1 N–H and O–H groups in total. The molecule has 0 spiro atoms. The van der Waals surface area contributed by atoms with Gasteiger partial charge in [0, 0.05) is 12.5 Å². The zero-order valence-corrected chi connectivity index (χ0v) is 12.6. The van der Waals surface area contributed by atoms with Gasteiger partial charge < -0.3 is 14.4 Å². The molecule has 0 aliphatic carbocycles. The van der Waals surface area contributed by atoms with Gasteiger partial charge in [-0.25, -0.2) is 4.98 Å². The average molecular weight is 286 g/mol. The number of hydrogen-bond donors (Lipinski definition) is 1. The standard InChI is InChI=1S/C17H22N2O2/c1-12(2)19-11-18-10-15(19)16(20)5-3-13-4-6-17-14(9-13)7-8-21-17/h4,6,9-12,16,20H,3,5,7-8H2,1-2H3. The van der Waals surface area contributed by atoms with Crippen LogP contribution in [0.3, 0.4) is 0 Å². The summed E-state index contributed by atoms with van der Waals surface area (Å²) in [5, 5.41) is 10.4. The van der Waals surface area contributed by atoms with E-state index in [9.17, 15) is 5.11 Å². The maximum Gasteiger partial charge on any atom is 0.122 e. The second kappa shape index (κ2) is 5.90. The molecule has 4 nitrogen and oxygen atoms in total. The van der Waals surface area contributed by atoms with Gasteiger partial charge in [-0.1, -0.05) is 12.1 Å². The van der Waals surface area contributed by atoms with E-state index in [1.807, 2.05) is 10.6 Å². The predicted molar refractivity (Wildman–Crippen MR) is 81.5 cm³/mol. The van der Waals surface area contributed by atoms with Crippen LogP contribution < -0.4 is 4.74 Å². The Hall–Kier alpha value is -1.81. The summed E-state index contributed by atoms with van der Waals surface area (Å²) >= 11 is 0. The molecule has 0 fully saturated rings. The van der Waals surface area contributed by atoms with E-state index in [1.54, 1.807) is 12.5 Å². The van der Waals surface area contributed by atoms with Crippen LogP contribution >= 0.6 is 0 Å². The summed E-state index contributed by atoms with van der Waals surface area (Å²) in [5.74, 6) is 1.01. The number of aromatic nitrogens is 2. The topological polar surface area (TPSA) is 47.3 Å². The molecule has 0 bridgehead atoms. The van der Waals surface area contributed by atoms with Crippen LogP contribution in [0, 0.1) is 0 Å². The first-order chi connectivity index (χ1) is 10.1. The van der Waals surface area contributed by atoms with Gasteiger partial charge in [0.05, 0.1) is 30.9 Å². The third kappa shape index (κ3) is 2.95. The lowest BCUT2D eigenvalue weighted by Gasteiger charge is -2.16. The molecule has 0 saturated heterocycles. The molecule has 112 valence electrons. The van der Waals surface area contributed by atoms with Gasteiger partial charge in [-0.3, -0.25) is 0 Å². The largest absolute Gasteiger partial charge is 0.493 e. The summed E-state index contributed by atoms with van der Waals surface area (Å²) in [4.78, 5) is 4.15. The molecular formula is C17H22N2O2. The quantitative estimate of drug-likeness (QED) is 0.919. The minimum atomic E-state index is -0.473. The molecule has 1 aromatic carbocycles. The summed E-state index contributed by atoms with van der Waals surface area (Å²) < 4.78 is 7.55. The second-order valence-corrected chi connectivity index (χ2v) is 5.91. The fourth-order valence-corrected chi connectivity index (χ4v) is 2.85. The van der Waals surface area contributed by atoms with Crippen LogP contribution in [0.15, 0.2) is 30.7 Å². The van der Waals surface area contributed by atoms with Crippen LogP contribution in [-0.4, -0.2) is 21.3 Å². The van der Waals surface area contributed by atoms with E-state index in [1.165, 1.54) is 11.1 Å². The molecule has 1 aromatic heterocycles. The number of ether oxygens (including phenoxy) is 1. The summed E-state index contributed by atoms with van der Waals surface area (Å²) in [6, 6.07) is 6.66. The van der Waals surface area contributed by atoms with Crippen molar-refractivity contribution >= 4 is 0 Å². The van der Waals surface area contributed by atoms with E-state index in [4.69, 9.17) is 4.74 Å². The Bertz CT molecular complexity index is 619. The Labute approximate surface area is 125 Å². The van der Waals surface area contributed by atoms with E-state index in [-0.39, 0.29) is 0 Å². The lowest BCUT2D eigenvalue weighted by molar-refractivity contribution is 0.157. The van der Waals surface area contributed by atoms with Crippen LogP contribution in [0.25, 0.3) is 0 Å². The maximum absolute atomic E-state index is 10.4. The SMILES string of the molecule is CC(C)n1cncc1C(O)CCc1ccc2c(c1)CCO2. The van der Waals surface area contributed by atoms with Crippen LogP contribution in [0.5, 0.6) is 5.75 Å². The molecule has 2 aromatic rings. The number of rotatable bonds is 5. The highest BCUT2D eigenvalue weighted by Crippen LogP contribution is 2.27. The predicted octanol–water partition coefficient (Wildman–Crippen LogP) is 3.07. The van der Waals surface area contributed by atoms with E-state index < -0.39 is 6.10 Å². The van der Waals surface area contributed by atoms with Crippen LogP contribution in [-0.2, 0) is 12.8 Å².